The number of ether oxygens (including phenoxy) is 1. The second-order valence-electron chi connectivity index (χ2n) is 6.28. The minimum absolute atomic E-state index is 0.0869. The Morgan fingerprint density at radius 1 is 1.24 bits per heavy atom. The number of hydrogen-bond donors (Lipinski definition) is 1. The zero-order chi connectivity index (χ0) is 12.3. The molecule has 0 bridgehead atoms. The Bertz CT molecular complexity index is 242. The van der Waals surface area contributed by atoms with E-state index in [1.54, 1.807) is 0 Å². The molecule has 2 aliphatic rings. The van der Waals surface area contributed by atoms with Crippen LogP contribution in [0.25, 0.3) is 0 Å². The highest BCUT2D eigenvalue weighted by Crippen LogP contribution is 2.27. The predicted molar refractivity (Wildman–Crippen MR) is 69.1 cm³/mol. The fraction of sp³-hybridized carbons (Fsp3) is 1.00. The molecule has 1 aliphatic heterocycles. The van der Waals surface area contributed by atoms with Gasteiger partial charge in [0.25, 0.3) is 0 Å². The summed E-state index contributed by atoms with van der Waals surface area (Å²) in [5, 5.41) is 10.2. The van der Waals surface area contributed by atoms with Crippen LogP contribution >= 0.6 is 0 Å². The van der Waals surface area contributed by atoms with Crippen molar-refractivity contribution in [1.82, 2.24) is 4.90 Å². The molecule has 0 aromatic rings. The smallest absolute Gasteiger partial charge is 0.0645 e. The normalized spacial score (nSPS) is 35.5. The molecule has 1 heterocycles. The van der Waals surface area contributed by atoms with Crippen molar-refractivity contribution in [2.75, 3.05) is 26.3 Å². The van der Waals surface area contributed by atoms with Gasteiger partial charge in [0.15, 0.2) is 0 Å². The SMILES string of the molecule is CC1(C)COCCN1CC1CCCCCC1O. The van der Waals surface area contributed by atoms with Crippen LogP contribution in [-0.2, 0) is 4.74 Å². The fourth-order valence-corrected chi connectivity index (χ4v) is 3.09. The standard InChI is InChI=1S/C14H27NO2/c1-14(2)11-17-9-8-15(14)10-12-6-4-3-5-7-13(12)16/h12-13,16H,3-11H2,1-2H3. The van der Waals surface area contributed by atoms with Crippen molar-refractivity contribution >= 4 is 0 Å². The van der Waals surface area contributed by atoms with E-state index in [9.17, 15) is 5.11 Å². The molecule has 100 valence electrons. The quantitative estimate of drug-likeness (QED) is 0.751. The number of nitrogens with zero attached hydrogens (tertiary/aromatic N) is 1. The summed E-state index contributed by atoms with van der Waals surface area (Å²) in [4.78, 5) is 2.51. The molecule has 0 aromatic carbocycles. The summed E-state index contributed by atoms with van der Waals surface area (Å²) in [5.41, 5.74) is 0.129. The zero-order valence-electron chi connectivity index (χ0n) is 11.3. The van der Waals surface area contributed by atoms with Gasteiger partial charge in [-0.2, -0.15) is 0 Å². The van der Waals surface area contributed by atoms with Crippen molar-refractivity contribution in [3.63, 3.8) is 0 Å². The molecular weight excluding hydrogens is 214 g/mol. The Labute approximate surface area is 105 Å². The van der Waals surface area contributed by atoms with E-state index in [0.717, 1.165) is 32.7 Å². The van der Waals surface area contributed by atoms with E-state index < -0.39 is 0 Å². The van der Waals surface area contributed by atoms with Crippen molar-refractivity contribution in [2.45, 2.75) is 57.6 Å². The van der Waals surface area contributed by atoms with Crippen LogP contribution in [0.2, 0.25) is 0 Å². The second kappa shape index (κ2) is 5.68. The number of hydrogen-bond acceptors (Lipinski definition) is 3. The summed E-state index contributed by atoms with van der Waals surface area (Å²) in [5.74, 6) is 0.467. The first-order chi connectivity index (χ1) is 8.09. The lowest BCUT2D eigenvalue weighted by Gasteiger charge is -2.44. The van der Waals surface area contributed by atoms with Gasteiger partial charge in [-0.1, -0.05) is 19.3 Å². The van der Waals surface area contributed by atoms with Crippen molar-refractivity contribution in [3.8, 4) is 0 Å². The summed E-state index contributed by atoms with van der Waals surface area (Å²) in [6.07, 6.45) is 5.87. The van der Waals surface area contributed by atoms with Crippen LogP contribution in [0.5, 0.6) is 0 Å². The van der Waals surface area contributed by atoms with Crippen LogP contribution in [-0.4, -0.2) is 48.0 Å². The van der Waals surface area contributed by atoms with Crippen LogP contribution in [0.15, 0.2) is 0 Å². The molecule has 17 heavy (non-hydrogen) atoms. The Morgan fingerprint density at radius 3 is 2.76 bits per heavy atom. The van der Waals surface area contributed by atoms with E-state index in [-0.39, 0.29) is 11.6 Å². The average molecular weight is 241 g/mol. The minimum atomic E-state index is -0.0869. The van der Waals surface area contributed by atoms with Gasteiger partial charge < -0.3 is 9.84 Å². The summed E-state index contributed by atoms with van der Waals surface area (Å²) < 4.78 is 5.55. The van der Waals surface area contributed by atoms with Crippen molar-refractivity contribution in [3.05, 3.63) is 0 Å². The van der Waals surface area contributed by atoms with E-state index in [1.807, 2.05) is 0 Å². The fourth-order valence-electron chi connectivity index (χ4n) is 3.09. The predicted octanol–water partition coefficient (Wildman–Crippen LogP) is 2.04. The van der Waals surface area contributed by atoms with E-state index in [1.165, 1.54) is 25.7 Å². The van der Waals surface area contributed by atoms with Gasteiger partial charge in [0, 0.05) is 18.6 Å². The van der Waals surface area contributed by atoms with Crippen molar-refractivity contribution in [1.29, 1.82) is 0 Å². The third-order valence-electron chi connectivity index (χ3n) is 4.39. The van der Waals surface area contributed by atoms with Crippen LogP contribution in [0.3, 0.4) is 0 Å². The van der Waals surface area contributed by atoms with E-state index >= 15 is 0 Å². The van der Waals surface area contributed by atoms with E-state index in [2.05, 4.69) is 18.7 Å². The van der Waals surface area contributed by atoms with Crippen LogP contribution < -0.4 is 0 Å². The van der Waals surface area contributed by atoms with Gasteiger partial charge in [-0.25, -0.2) is 0 Å². The van der Waals surface area contributed by atoms with Gasteiger partial charge in [-0.3, -0.25) is 4.90 Å². The molecule has 3 nitrogen and oxygen atoms in total. The summed E-state index contributed by atoms with van der Waals surface area (Å²) in [7, 11) is 0. The first-order valence-corrected chi connectivity index (χ1v) is 7.10. The highest BCUT2D eigenvalue weighted by atomic mass is 16.5. The molecule has 1 N–H and O–H groups in total. The highest BCUT2D eigenvalue weighted by molar-refractivity contribution is 4.87. The van der Waals surface area contributed by atoms with Crippen LogP contribution in [0.4, 0.5) is 0 Å². The number of aliphatic hydroxyl groups excluding tert-OH is 1. The first kappa shape index (κ1) is 13.3. The maximum Gasteiger partial charge on any atom is 0.0645 e. The highest BCUT2D eigenvalue weighted by Gasteiger charge is 2.33. The maximum absolute atomic E-state index is 10.2. The average Bonchev–Trinajstić information content (AvgIpc) is 2.47. The lowest BCUT2D eigenvalue weighted by atomic mass is 9.93. The van der Waals surface area contributed by atoms with Gasteiger partial charge in [0.2, 0.25) is 0 Å². The number of rotatable bonds is 2. The molecule has 2 rings (SSSR count). The molecule has 2 unspecified atom stereocenters. The second-order valence-corrected chi connectivity index (χ2v) is 6.28. The third-order valence-corrected chi connectivity index (χ3v) is 4.39. The Hall–Kier alpha value is -0.120. The van der Waals surface area contributed by atoms with Gasteiger partial charge in [-0.15, -0.1) is 0 Å². The van der Waals surface area contributed by atoms with Crippen molar-refractivity contribution in [2.24, 2.45) is 5.92 Å². The third kappa shape index (κ3) is 3.43. The largest absolute Gasteiger partial charge is 0.393 e. The molecule has 0 radical (unpaired) electrons. The van der Waals surface area contributed by atoms with Gasteiger partial charge in [0.1, 0.15) is 0 Å². The molecule has 0 spiro atoms. The molecule has 1 aliphatic carbocycles. The van der Waals surface area contributed by atoms with E-state index in [4.69, 9.17) is 4.74 Å². The molecule has 2 atom stereocenters. The number of aliphatic hydroxyl groups is 1. The lowest BCUT2D eigenvalue weighted by molar-refractivity contribution is -0.0664. The molecule has 3 heteroatoms. The summed E-state index contributed by atoms with van der Waals surface area (Å²) in [6.45, 7) is 8.19. The van der Waals surface area contributed by atoms with Crippen LogP contribution in [0.1, 0.15) is 46.0 Å². The van der Waals surface area contributed by atoms with E-state index in [0.29, 0.717) is 5.92 Å². The molecule has 1 saturated heterocycles. The number of morpholine rings is 1. The summed E-state index contributed by atoms with van der Waals surface area (Å²) >= 11 is 0. The Kier molecular flexibility index (Phi) is 4.45. The van der Waals surface area contributed by atoms with Gasteiger partial charge >= 0.3 is 0 Å². The Balaban J connectivity index is 1.93. The molecule has 0 amide bonds. The maximum atomic E-state index is 10.2. The zero-order valence-corrected chi connectivity index (χ0v) is 11.3. The first-order valence-electron chi connectivity index (χ1n) is 7.10. The lowest BCUT2D eigenvalue weighted by Crippen LogP contribution is -2.55. The minimum Gasteiger partial charge on any atom is -0.393 e. The van der Waals surface area contributed by atoms with Crippen molar-refractivity contribution < 1.29 is 9.84 Å². The Morgan fingerprint density at radius 2 is 2.00 bits per heavy atom. The van der Waals surface area contributed by atoms with Crippen LogP contribution in [0, 0.1) is 5.92 Å². The van der Waals surface area contributed by atoms with Gasteiger partial charge in [0.05, 0.1) is 19.3 Å². The molecule has 2 fully saturated rings. The molecule has 0 aromatic heterocycles. The molecular formula is C14H27NO2. The molecule has 1 saturated carbocycles. The summed E-state index contributed by atoms with van der Waals surface area (Å²) in [6, 6.07) is 0. The monoisotopic (exact) mass is 241 g/mol. The van der Waals surface area contributed by atoms with Gasteiger partial charge in [-0.05, 0) is 32.6 Å². The topological polar surface area (TPSA) is 32.7 Å².